The first kappa shape index (κ1) is 17.9. The number of hydrogen-bond donors (Lipinski definition) is 0. The molecule has 1 amide bonds. The molecular weight excluding hydrogens is 312 g/mol. The van der Waals surface area contributed by atoms with Crippen molar-refractivity contribution in [1.29, 1.82) is 0 Å². The van der Waals surface area contributed by atoms with E-state index in [1.807, 2.05) is 30.9 Å². The summed E-state index contributed by atoms with van der Waals surface area (Å²) in [6.07, 6.45) is 2.97. The number of amides is 1. The van der Waals surface area contributed by atoms with Crippen LogP contribution in [-0.4, -0.2) is 49.7 Å². The highest BCUT2D eigenvalue weighted by Gasteiger charge is 2.26. The molecule has 0 saturated carbocycles. The lowest BCUT2D eigenvalue weighted by Crippen LogP contribution is -2.30. The summed E-state index contributed by atoms with van der Waals surface area (Å²) in [6.45, 7) is 6.62. The van der Waals surface area contributed by atoms with Crippen LogP contribution in [0.5, 0.6) is 0 Å². The lowest BCUT2D eigenvalue weighted by atomic mass is 10.1. The standard InChI is InChI=1S/C17H26N2O3S/c1-3-18(4-2)17(20)12-9-15-7-10-16(11-8-15)23(21,22)19-13-5-6-14-19/h7-8,10-11H,3-6,9,12-14H2,1-2H3. The van der Waals surface area contributed by atoms with Gasteiger partial charge in [0.05, 0.1) is 4.90 Å². The second-order valence-corrected chi connectivity index (χ2v) is 7.76. The summed E-state index contributed by atoms with van der Waals surface area (Å²) in [4.78, 5) is 14.2. The fourth-order valence-corrected chi connectivity index (χ4v) is 4.41. The molecule has 1 heterocycles. The van der Waals surface area contributed by atoms with Gasteiger partial charge in [0.15, 0.2) is 0 Å². The predicted molar refractivity (Wildman–Crippen MR) is 90.7 cm³/mol. The van der Waals surface area contributed by atoms with Crippen LogP contribution in [0, 0.1) is 0 Å². The molecule has 6 heteroatoms. The first-order valence-corrected chi connectivity index (χ1v) is 9.80. The zero-order valence-electron chi connectivity index (χ0n) is 14.0. The van der Waals surface area contributed by atoms with E-state index < -0.39 is 10.0 Å². The summed E-state index contributed by atoms with van der Waals surface area (Å²) in [5, 5.41) is 0. The summed E-state index contributed by atoms with van der Waals surface area (Å²) in [7, 11) is -3.35. The van der Waals surface area contributed by atoms with E-state index in [1.165, 1.54) is 0 Å². The molecule has 1 aliphatic heterocycles. The van der Waals surface area contributed by atoms with Gasteiger partial charge in [-0.15, -0.1) is 0 Å². The lowest BCUT2D eigenvalue weighted by Gasteiger charge is -2.18. The summed E-state index contributed by atoms with van der Waals surface area (Å²) in [5.74, 6) is 0.142. The molecule has 1 saturated heterocycles. The van der Waals surface area contributed by atoms with E-state index in [1.54, 1.807) is 16.4 Å². The Morgan fingerprint density at radius 2 is 1.65 bits per heavy atom. The molecular formula is C17H26N2O3S. The molecule has 2 rings (SSSR count). The van der Waals surface area contributed by atoms with Crippen LogP contribution in [0.25, 0.3) is 0 Å². The fourth-order valence-electron chi connectivity index (χ4n) is 2.89. The van der Waals surface area contributed by atoms with E-state index in [-0.39, 0.29) is 5.91 Å². The molecule has 128 valence electrons. The van der Waals surface area contributed by atoms with E-state index in [2.05, 4.69) is 0 Å². The average molecular weight is 338 g/mol. The number of rotatable bonds is 7. The van der Waals surface area contributed by atoms with Crippen LogP contribution in [0.1, 0.15) is 38.7 Å². The zero-order chi connectivity index (χ0) is 16.9. The maximum absolute atomic E-state index is 12.4. The Bertz CT molecular complexity index is 616. The Morgan fingerprint density at radius 1 is 1.09 bits per heavy atom. The molecule has 0 bridgehead atoms. The second-order valence-electron chi connectivity index (χ2n) is 5.82. The van der Waals surface area contributed by atoms with Crippen molar-refractivity contribution >= 4 is 15.9 Å². The van der Waals surface area contributed by atoms with Crippen molar-refractivity contribution in [1.82, 2.24) is 9.21 Å². The van der Waals surface area contributed by atoms with Crippen LogP contribution < -0.4 is 0 Å². The highest BCUT2D eigenvalue weighted by atomic mass is 32.2. The molecule has 0 unspecified atom stereocenters. The highest BCUT2D eigenvalue weighted by molar-refractivity contribution is 7.89. The van der Waals surface area contributed by atoms with Gasteiger partial charge >= 0.3 is 0 Å². The van der Waals surface area contributed by atoms with Gasteiger partial charge < -0.3 is 4.90 Å². The minimum absolute atomic E-state index is 0.142. The lowest BCUT2D eigenvalue weighted by molar-refractivity contribution is -0.130. The molecule has 1 fully saturated rings. The van der Waals surface area contributed by atoms with Gasteiger partial charge in [-0.25, -0.2) is 8.42 Å². The summed E-state index contributed by atoms with van der Waals surface area (Å²) in [5.41, 5.74) is 0.992. The van der Waals surface area contributed by atoms with E-state index in [0.717, 1.165) is 31.5 Å². The fraction of sp³-hybridized carbons (Fsp3) is 0.588. The maximum atomic E-state index is 12.4. The SMILES string of the molecule is CCN(CC)C(=O)CCc1ccc(S(=O)(=O)N2CCCC2)cc1. The molecule has 23 heavy (non-hydrogen) atoms. The van der Waals surface area contributed by atoms with Crippen LogP contribution in [-0.2, 0) is 21.2 Å². The third-order valence-corrected chi connectivity index (χ3v) is 6.28. The molecule has 1 aliphatic rings. The van der Waals surface area contributed by atoms with Crippen LogP contribution in [0.2, 0.25) is 0 Å². The third kappa shape index (κ3) is 4.32. The Kier molecular flexibility index (Phi) is 6.18. The Labute approximate surface area is 139 Å². The van der Waals surface area contributed by atoms with Gasteiger partial charge in [0, 0.05) is 32.6 Å². The first-order chi connectivity index (χ1) is 11.0. The largest absolute Gasteiger partial charge is 0.343 e. The summed E-state index contributed by atoms with van der Waals surface area (Å²) in [6, 6.07) is 6.95. The zero-order valence-corrected chi connectivity index (χ0v) is 14.8. The number of carbonyl (C=O) groups excluding carboxylic acids is 1. The van der Waals surface area contributed by atoms with E-state index in [4.69, 9.17) is 0 Å². The van der Waals surface area contributed by atoms with Gasteiger partial charge in [-0.05, 0) is 50.8 Å². The molecule has 0 aliphatic carbocycles. The molecule has 0 aromatic heterocycles. The van der Waals surface area contributed by atoms with Gasteiger partial charge in [0.1, 0.15) is 0 Å². The number of benzene rings is 1. The third-order valence-electron chi connectivity index (χ3n) is 4.37. The molecule has 0 atom stereocenters. The molecule has 0 spiro atoms. The van der Waals surface area contributed by atoms with Crippen molar-refractivity contribution in [2.75, 3.05) is 26.2 Å². The van der Waals surface area contributed by atoms with E-state index in [9.17, 15) is 13.2 Å². The van der Waals surface area contributed by atoms with Crippen molar-refractivity contribution in [3.8, 4) is 0 Å². The first-order valence-electron chi connectivity index (χ1n) is 8.36. The van der Waals surface area contributed by atoms with Crippen LogP contribution in [0.3, 0.4) is 0 Å². The number of carbonyl (C=O) groups is 1. The Morgan fingerprint density at radius 3 is 2.17 bits per heavy atom. The van der Waals surface area contributed by atoms with Crippen molar-refractivity contribution in [3.63, 3.8) is 0 Å². The van der Waals surface area contributed by atoms with Crippen molar-refractivity contribution in [2.45, 2.75) is 44.4 Å². The monoisotopic (exact) mass is 338 g/mol. The van der Waals surface area contributed by atoms with Gasteiger partial charge in [0.25, 0.3) is 0 Å². The predicted octanol–water partition coefficient (Wildman–Crippen LogP) is 2.27. The van der Waals surface area contributed by atoms with Crippen molar-refractivity contribution in [3.05, 3.63) is 29.8 Å². The molecule has 0 N–H and O–H groups in total. The van der Waals surface area contributed by atoms with Gasteiger partial charge in [-0.2, -0.15) is 4.31 Å². The maximum Gasteiger partial charge on any atom is 0.243 e. The number of sulfonamides is 1. The molecule has 1 aromatic carbocycles. The molecule has 0 radical (unpaired) electrons. The summed E-state index contributed by atoms with van der Waals surface area (Å²) >= 11 is 0. The Balaban J connectivity index is 1.98. The van der Waals surface area contributed by atoms with E-state index in [0.29, 0.717) is 30.8 Å². The van der Waals surface area contributed by atoms with Crippen LogP contribution in [0.15, 0.2) is 29.2 Å². The van der Waals surface area contributed by atoms with Crippen LogP contribution >= 0.6 is 0 Å². The van der Waals surface area contributed by atoms with Crippen LogP contribution in [0.4, 0.5) is 0 Å². The van der Waals surface area contributed by atoms with Crippen molar-refractivity contribution in [2.24, 2.45) is 0 Å². The molecule has 5 nitrogen and oxygen atoms in total. The number of hydrogen-bond acceptors (Lipinski definition) is 3. The van der Waals surface area contributed by atoms with E-state index >= 15 is 0 Å². The smallest absolute Gasteiger partial charge is 0.243 e. The van der Waals surface area contributed by atoms with Gasteiger partial charge in [-0.3, -0.25) is 4.79 Å². The number of nitrogens with zero attached hydrogens (tertiary/aromatic N) is 2. The minimum atomic E-state index is -3.35. The van der Waals surface area contributed by atoms with Gasteiger partial charge in [-0.1, -0.05) is 12.1 Å². The quantitative estimate of drug-likeness (QED) is 0.766. The van der Waals surface area contributed by atoms with Gasteiger partial charge in [0.2, 0.25) is 15.9 Å². The highest BCUT2D eigenvalue weighted by Crippen LogP contribution is 2.21. The second kappa shape index (κ2) is 7.93. The molecule has 1 aromatic rings. The van der Waals surface area contributed by atoms with Crippen molar-refractivity contribution < 1.29 is 13.2 Å². The normalized spacial score (nSPS) is 15.7. The summed E-state index contributed by atoms with van der Waals surface area (Å²) < 4.78 is 26.4. The average Bonchev–Trinajstić information content (AvgIpc) is 3.10. The Hall–Kier alpha value is -1.40. The minimum Gasteiger partial charge on any atom is -0.343 e. The number of aryl methyl sites for hydroxylation is 1. The topological polar surface area (TPSA) is 57.7 Å².